The van der Waals surface area contributed by atoms with E-state index in [1.54, 1.807) is 36.4 Å². The summed E-state index contributed by atoms with van der Waals surface area (Å²) in [6.07, 6.45) is 1.26. The quantitative estimate of drug-likeness (QED) is 0.168. The summed E-state index contributed by atoms with van der Waals surface area (Å²) in [5.41, 5.74) is 0.399. The van der Waals surface area contributed by atoms with Gasteiger partial charge in [0.2, 0.25) is 5.82 Å². The fraction of sp³-hybridized carbons (Fsp3) is 0.0400. The van der Waals surface area contributed by atoms with E-state index in [1.807, 2.05) is 12.1 Å². The first-order valence-electron chi connectivity index (χ1n) is 10.7. The number of aromatic nitrogens is 2. The molecule has 5 aromatic rings. The van der Waals surface area contributed by atoms with Gasteiger partial charge in [-0.15, -0.1) is 0 Å². The Labute approximate surface area is 215 Å². The van der Waals surface area contributed by atoms with Crippen LogP contribution in [0.2, 0.25) is 0 Å². The average molecular weight is 563 g/mol. The number of benzene rings is 3. The summed E-state index contributed by atoms with van der Waals surface area (Å²) in [6, 6.07) is 17.9. The number of hydrogen-bond donors (Lipinski definition) is 1. The fourth-order valence-corrected chi connectivity index (χ4v) is 4.04. The van der Waals surface area contributed by atoms with Crippen molar-refractivity contribution in [2.75, 3.05) is 6.61 Å². The zero-order chi connectivity index (χ0) is 26.1. The van der Waals surface area contributed by atoms with E-state index in [4.69, 9.17) is 14.3 Å². The van der Waals surface area contributed by atoms with Gasteiger partial charge in [0.05, 0.1) is 22.0 Å². The van der Waals surface area contributed by atoms with Crippen LogP contribution in [0.5, 0.6) is 5.75 Å². The number of para-hydroxylation sites is 1. The molecule has 2 heterocycles. The van der Waals surface area contributed by atoms with Crippen LogP contribution in [0.1, 0.15) is 5.56 Å². The number of hydrogen-bond acceptors (Lipinski definition) is 8. The minimum absolute atomic E-state index is 0.142. The summed E-state index contributed by atoms with van der Waals surface area (Å²) in [5.74, 6) is -1.03. The maximum atomic E-state index is 13.4. The highest BCUT2D eigenvalue weighted by Gasteiger charge is 2.18. The predicted octanol–water partition coefficient (Wildman–Crippen LogP) is 4.83. The second kappa shape index (κ2) is 9.66. The number of furan rings is 1. The van der Waals surface area contributed by atoms with Gasteiger partial charge in [0.15, 0.2) is 18.1 Å². The summed E-state index contributed by atoms with van der Waals surface area (Å²) in [7, 11) is 0. The van der Waals surface area contributed by atoms with Crippen LogP contribution in [0, 0.1) is 10.1 Å². The number of halogens is 1. The normalized spacial score (nSPS) is 11.4. The Bertz CT molecular complexity index is 1790. The van der Waals surface area contributed by atoms with Crippen LogP contribution in [0.25, 0.3) is 33.5 Å². The average Bonchev–Trinajstić information content (AvgIpc) is 3.30. The van der Waals surface area contributed by atoms with Gasteiger partial charge < -0.3 is 14.3 Å². The molecule has 0 bridgehead atoms. The van der Waals surface area contributed by atoms with Crippen LogP contribution < -0.4 is 10.3 Å². The third kappa shape index (κ3) is 4.82. The molecule has 0 amide bonds. The molecular weight excluding hydrogens is 548 g/mol. The van der Waals surface area contributed by atoms with E-state index >= 15 is 0 Å². The van der Waals surface area contributed by atoms with Gasteiger partial charge in [0, 0.05) is 21.5 Å². The summed E-state index contributed by atoms with van der Waals surface area (Å²) in [4.78, 5) is 39.5. The maximum Gasteiger partial charge on any atom is 0.341 e. The molecule has 2 aromatic heterocycles. The number of fused-ring (bicyclic) bond motifs is 2. The standard InChI is InChI=1S/C25H15BrN4O7/c26-16-6-8-20-15(10-16)11-22(37-20)24-28-18-4-2-1-3-17(18)25(33)29(24)27-12-14-5-7-21(36-13-23(31)32)19(9-14)30(34)35/h1-12H,13H2,(H,31,32). The second-order valence-corrected chi connectivity index (χ2v) is 8.69. The molecular formula is C25H15BrN4O7. The van der Waals surface area contributed by atoms with E-state index in [0.717, 1.165) is 14.5 Å². The predicted molar refractivity (Wildman–Crippen MR) is 138 cm³/mol. The van der Waals surface area contributed by atoms with Crippen molar-refractivity contribution in [3.8, 4) is 17.3 Å². The summed E-state index contributed by atoms with van der Waals surface area (Å²) >= 11 is 3.42. The Morgan fingerprint density at radius 1 is 1.19 bits per heavy atom. The molecule has 0 saturated heterocycles. The number of carboxylic acid groups (broad SMARTS) is 1. The molecule has 1 N–H and O–H groups in total. The Kier molecular flexibility index (Phi) is 6.24. The zero-order valence-corrected chi connectivity index (χ0v) is 20.3. The van der Waals surface area contributed by atoms with E-state index in [9.17, 15) is 19.7 Å². The maximum absolute atomic E-state index is 13.4. The minimum atomic E-state index is -1.27. The largest absolute Gasteiger partial charge is 0.479 e. The fourth-order valence-electron chi connectivity index (χ4n) is 3.66. The molecule has 0 spiro atoms. The molecule has 0 fully saturated rings. The lowest BCUT2D eigenvalue weighted by molar-refractivity contribution is -0.385. The molecule has 0 aliphatic carbocycles. The van der Waals surface area contributed by atoms with Crippen molar-refractivity contribution >= 4 is 55.7 Å². The van der Waals surface area contributed by atoms with Crippen molar-refractivity contribution < 1.29 is 24.0 Å². The third-order valence-electron chi connectivity index (χ3n) is 5.31. The number of nitro groups is 1. The Morgan fingerprint density at radius 3 is 2.78 bits per heavy atom. The van der Waals surface area contributed by atoms with Gasteiger partial charge in [-0.2, -0.15) is 9.78 Å². The molecule has 0 saturated carbocycles. The third-order valence-corrected chi connectivity index (χ3v) is 5.80. The molecule has 0 aliphatic rings. The number of ether oxygens (including phenoxy) is 1. The van der Waals surface area contributed by atoms with E-state index < -0.39 is 28.7 Å². The van der Waals surface area contributed by atoms with Crippen LogP contribution in [0.15, 0.2) is 85.5 Å². The van der Waals surface area contributed by atoms with Crippen molar-refractivity contribution in [3.63, 3.8) is 0 Å². The van der Waals surface area contributed by atoms with Crippen molar-refractivity contribution in [2.45, 2.75) is 0 Å². The summed E-state index contributed by atoms with van der Waals surface area (Å²) in [6.45, 7) is -0.732. The lowest BCUT2D eigenvalue weighted by atomic mass is 10.2. The SMILES string of the molecule is O=C(O)COc1ccc(C=Nn2c(-c3cc4cc(Br)ccc4o3)nc3ccccc3c2=O)cc1[N+](=O)[O-]. The van der Waals surface area contributed by atoms with Gasteiger partial charge in [0.25, 0.3) is 5.56 Å². The lowest BCUT2D eigenvalue weighted by Crippen LogP contribution is -2.20. The van der Waals surface area contributed by atoms with E-state index in [0.29, 0.717) is 22.2 Å². The van der Waals surface area contributed by atoms with Crippen molar-refractivity contribution in [1.29, 1.82) is 0 Å². The van der Waals surface area contributed by atoms with Crippen LogP contribution in [-0.2, 0) is 4.79 Å². The highest BCUT2D eigenvalue weighted by atomic mass is 79.9. The number of carboxylic acids is 1. The molecule has 37 heavy (non-hydrogen) atoms. The number of aliphatic carboxylic acids is 1. The Hall–Kier alpha value is -4.84. The van der Waals surface area contributed by atoms with Gasteiger partial charge >= 0.3 is 11.7 Å². The van der Waals surface area contributed by atoms with Gasteiger partial charge in [0.1, 0.15) is 5.58 Å². The van der Waals surface area contributed by atoms with Crippen LogP contribution in [-0.4, -0.2) is 38.5 Å². The molecule has 0 unspecified atom stereocenters. The van der Waals surface area contributed by atoms with Gasteiger partial charge in [-0.25, -0.2) is 9.78 Å². The van der Waals surface area contributed by atoms with Crippen molar-refractivity contribution in [2.24, 2.45) is 5.10 Å². The van der Waals surface area contributed by atoms with E-state index in [-0.39, 0.29) is 17.1 Å². The van der Waals surface area contributed by atoms with Crippen molar-refractivity contribution in [3.05, 3.63) is 97.2 Å². The molecule has 0 aliphatic heterocycles. The molecule has 0 radical (unpaired) electrons. The first kappa shape index (κ1) is 23.9. The van der Waals surface area contributed by atoms with Crippen LogP contribution in [0.4, 0.5) is 5.69 Å². The summed E-state index contributed by atoms with van der Waals surface area (Å²) in [5, 5.41) is 25.7. The molecule has 11 nitrogen and oxygen atoms in total. The Balaban J connectivity index is 1.63. The lowest BCUT2D eigenvalue weighted by Gasteiger charge is -2.07. The number of nitro benzene ring substituents is 1. The van der Waals surface area contributed by atoms with Gasteiger partial charge in [-0.1, -0.05) is 28.1 Å². The van der Waals surface area contributed by atoms with E-state index in [2.05, 4.69) is 26.0 Å². The van der Waals surface area contributed by atoms with Crippen LogP contribution >= 0.6 is 15.9 Å². The minimum Gasteiger partial charge on any atom is -0.479 e. The first-order chi connectivity index (χ1) is 17.8. The highest BCUT2D eigenvalue weighted by Crippen LogP contribution is 2.30. The van der Waals surface area contributed by atoms with Crippen molar-refractivity contribution in [1.82, 2.24) is 9.66 Å². The first-order valence-corrected chi connectivity index (χ1v) is 11.5. The molecule has 0 atom stereocenters. The number of carbonyl (C=O) groups is 1. The molecule has 3 aromatic carbocycles. The highest BCUT2D eigenvalue weighted by molar-refractivity contribution is 9.10. The van der Waals surface area contributed by atoms with Gasteiger partial charge in [-0.3, -0.25) is 14.9 Å². The zero-order valence-electron chi connectivity index (χ0n) is 18.7. The van der Waals surface area contributed by atoms with Crippen LogP contribution in [0.3, 0.4) is 0 Å². The van der Waals surface area contributed by atoms with Gasteiger partial charge in [-0.05, 0) is 48.5 Å². The van der Waals surface area contributed by atoms with E-state index in [1.165, 1.54) is 24.4 Å². The molecule has 12 heteroatoms. The topological polar surface area (TPSA) is 150 Å². The number of nitrogens with zero attached hydrogens (tertiary/aromatic N) is 4. The number of rotatable bonds is 7. The monoisotopic (exact) mass is 562 g/mol. The summed E-state index contributed by atoms with van der Waals surface area (Å²) < 4.78 is 12.9. The second-order valence-electron chi connectivity index (χ2n) is 7.77. The molecule has 5 rings (SSSR count). The molecule has 184 valence electrons. The Morgan fingerprint density at radius 2 is 2.00 bits per heavy atom. The smallest absolute Gasteiger partial charge is 0.341 e.